The molecule has 2 saturated heterocycles. The zero-order valence-electron chi connectivity index (χ0n) is 11.4. The second-order valence-corrected chi connectivity index (χ2v) is 7.46. The molecule has 2 heterocycles. The van der Waals surface area contributed by atoms with Crippen molar-refractivity contribution in [1.82, 2.24) is 13.9 Å². The van der Waals surface area contributed by atoms with Crippen molar-refractivity contribution in [2.45, 2.75) is 38.6 Å². The molecule has 0 spiro atoms. The van der Waals surface area contributed by atoms with Crippen molar-refractivity contribution in [2.75, 3.05) is 33.2 Å². The van der Waals surface area contributed by atoms with Crippen molar-refractivity contribution in [1.29, 1.82) is 0 Å². The van der Waals surface area contributed by atoms with E-state index in [4.69, 9.17) is 0 Å². The number of nitrogens with zero attached hydrogens (tertiary/aromatic N) is 2. The lowest BCUT2D eigenvalue weighted by atomic mass is 10.0. The molecule has 0 aromatic carbocycles. The fourth-order valence-electron chi connectivity index (χ4n) is 3.06. The molecule has 0 saturated carbocycles. The van der Waals surface area contributed by atoms with Gasteiger partial charge < -0.3 is 5.32 Å². The van der Waals surface area contributed by atoms with Crippen molar-refractivity contribution in [3.8, 4) is 0 Å². The van der Waals surface area contributed by atoms with Crippen LogP contribution in [0, 0.1) is 5.92 Å². The summed E-state index contributed by atoms with van der Waals surface area (Å²) in [5.41, 5.74) is 0. The quantitative estimate of drug-likeness (QED) is 0.819. The molecular formula is C12H25N3O2S. The van der Waals surface area contributed by atoms with Gasteiger partial charge in [0.15, 0.2) is 0 Å². The van der Waals surface area contributed by atoms with Gasteiger partial charge in [-0.3, -0.25) is 0 Å². The minimum absolute atomic E-state index is 0.136. The Labute approximate surface area is 111 Å². The van der Waals surface area contributed by atoms with E-state index in [1.807, 2.05) is 7.05 Å². The summed E-state index contributed by atoms with van der Waals surface area (Å²) in [6.07, 6.45) is 4.09. The number of piperidine rings is 1. The molecule has 18 heavy (non-hydrogen) atoms. The molecule has 2 aliphatic rings. The van der Waals surface area contributed by atoms with E-state index in [0.29, 0.717) is 25.6 Å². The summed E-state index contributed by atoms with van der Waals surface area (Å²) in [6, 6.07) is 0.136. The van der Waals surface area contributed by atoms with Gasteiger partial charge in [-0.1, -0.05) is 6.92 Å². The van der Waals surface area contributed by atoms with Gasteiger partial charge in [-0.15, -0.1) is 0 Å². The third-order valence-corrected chi connectivity index (χ3v) is 6.06. The normalized spacial score (nSPS) is 31.9. The van der Waals surface area contributed by atoms with Gasteiger partial charge in [0.05, 0.1) is 0 Å². The average Bonchev–Trinajstić information content (AvgIpc) is 2.78. The Morgan fingerprint density at radius 1 is 1.22 bits per heavy atom. The third kappa shape index (κ3) is 2.87. The molecule has 0 aliphatic carbocycles. The lowest BCUT2D eigenvalue weighted by Gasteiger charge is -2.35. The fraction of sp³-hybridized carbons (Fsp3) is 1.00. The van der Waals surface area contributed by atoms with Crippen LogP contribution in [0.1, 0.15) is 32.6 Å². The van der Waals surface area contributed by atoms with Crippen LogP contribution >= 0.6 is 0 Å². The van der Waals surface area contributed by atoms with Crippen LogP contribution in [0.2, 0.25) is 0 Å². The number of nitrogens with one attached hydrogen (secondary N) is 1. The molecule has 0 radical (unpaired) electrons. The summed E-state index contributed by atoms with van der Waals surface area (Å²) in [7, 11) is -1.36. The van der Waals surface area contributed by atoms with Crippen LogP contribution in [0.5, 0.6) is 0 Å². The van der Waals surface area contributed by atoms with Crippen molar-refractivity contribution in [3.05, 3.63) is 0 Å². The van der Waals surface area contributed by atoms with E-state index in [0.717, 1.165) is 32.2 Å². The van der Waals surface area contributed by atoms with E-state index in [1.54, 1.807) is 8.61 Å². The van der Waals surface area contributed by atoms with E-state index >= 15 is 0 Å². The Balaban J connectivity index is 2.09. The summed E-state index contributed by atoms with van der Waals surface area (Å²) in [4.78, 5) is 0. The van der Waals surface area contributed by atoms with Gasteiger partial charge >= 0.3 is 0 Å². The molecule has 1 N–H and O–H groups in total. The van der Waals surface area contributed by atoms with Crippen molar-refractivity contribution in [2.24, 2.45) is 5.92 Å². The van der Waals surface area contributed by atoms with Crippen LogP contribution in [0.25, 0.3) is 0 Å². The zero-order valence-corrected chi connectivity index (χ0v) is 12.2. The number of hydrogen-bond donors (Lipinski definition) is 1. The topological polar surface area (TPSA) is 52.7 Å². The lowest BCUT2D eigenvalue weighted by molar-refractivity contribution is 0.253. The van der Waals surface area contributed by atoms with Gasteiger partial charge in [-0.05, 0) is 38.6 Å². The molecule has 0 aromatic heterocycles. The molecule has 2 aliphatic heterocycles. The molecule has 6 heteroatoms. The first kappa shape index (κ1) is 14.2. The van der Waals surface area contributed by atoms with Crippen molar-refractivity contribution < 1.29 is 8.42 Å². The molecule has 5 nitrogen and oxygen atoms in total. The highest BCUT2D eigenvalue weighted by molar-refractivity contribution is 7.86. The molecular weight excluding hydrogens is 250 g/mol. The first-order valence-electron chi connectivity index (χ1n) is 6.97. The number of likely N-dealkylation sites (N-methyl/N-ethyl adjacent to an activating group) is 1. The van der Waals surface area contributed by atoms with Crippen LogP contribution in [-0.4, -0.2) is 56.3 Å². The summed E-state index contributed by atoms with van der Waals surface area (Å²) in [5.74, 6) is 0.485. The van der Waals surface area contributed by atoms with E-state index in [2.05, 4.69) is 12.2 Å². The van der Waals surface area contributed by atoms with Gasteiger partial charge in [0, 0.05) is 32.2 Å². The predicted molar refractivity (Wildman–Crippen MR) is 72.5 cm³/mol. The van der Waals surface area contributed by atoms with E-state index in [1.165, 1.54) is 0 Å². The van der Waals surface area contributed by atoms with Gasteiger partial charge in [0.2, 0.25) is 0 Å². The van der Waals surface area contributed by atoms with Crippen molar-refractivity contribution in [3.63, 3.8) is 0 Å². The summed E-state index contributed by atoms with van der Waals surface area (Å²) in [5, 5.41) is 3.10. The first-order chi connectivity index (χ1) is 8.55. The average molecular weight is 275 g/mol. The maximum Gasteiger partial charge on any atom is 0.282 e. The van der Waals surface area contributed by atoms with E-state index < -0.39 is 10.2 Å². The van der Waals surface area contributed by atoms with Crippen LogP contribution in [0.4, 0.5) is 0 Å². The zero-order chi connectivity index (χ0) is 13.2. The third-order valence-electron chi connectivity index (χ3n) is 4.01. The second-order valence-electron chi connectivity index (χ2n) is 5.58. The first-order valence-corrected chi connectivity index (χ1v) is 8.37. The smallest absolute Gasteiger partial charge is 0.282 e. The van der Waals surface area contributed by atoms with Crippen LogP contribution in [0.15, 0.2) is 0 Å². The highest BCUT2D eigenvalue weighted by Crippen LogP contribution is 2.26. The second kappa shape index (κ2) is 5.86. The molecule has 0 bridgehead atoms. The van der Waals surface area contributed by atoms with E-state index in [9.17, 15) is 8.42 Å². The largest absolute Gasteiger partial charge is 0.318 e. The summed E-state index contributed by atoms with van der Waals surface area (Å²) in [6.45, 7) is 4.94. The lowest BCUT2D eigenvalue weighted by Crippen LogP contribution is -2.50. The number of rotatable bonds is 4. The van der Waals surface area contributed by atoms with Crippen LogP contribution < -0.4 is 5.32 Å². The SMILES string of the molecule is CNC[C@@H]1CCCN1S(=O)(=O)N1CCC[C@H](C)C1. The highest BCUT2D eigenvalue weighted by atomic mass is 32.2. The molecule has 0 amide bonds. The monoisotopic (exact) mass is 275 g/mol. The molecule has 2 rings (SSSR count). The van der Waals surface area contributed by atoms with E-state index in [-0.39, 0.29) is 6.04 Å². The molecule has 0 aromatic rings. The molecule has 2 fully saturated rings. The Hall–Kier alpha value is -0.170. The molecule has 106 valence electrons. The van der Waals surface area contributed by atoms with Gasteiger partial charge in [-0.25, -0.2) is 0 Å². The van der Waals surface area contributed by atoms with Gasteiger partial charge in [0.25, 0.3) is 10.2 Å². The molecule has 0 unspecified atom stereocenters. The van der Waals surface area contributed by atoms with Gasteiger partial charge in [0.1, 0.15) is 0 Å². The molecule has 2 atom stereocenters. The minimum Gasteiger partial charge on any atom is -0.318 e. The number of hydrogen-bond acceptors (Lipinski definition) is 3. The Kier molecular flexibility index (Phi) is 4.64. The van der Waals surface area contributed by atoms with Gasteiger partial charge in [-0.2, -0.15) is 17.0 Å². The minimum atomic E-state index is -3.24. The Morgan fingerprint density at radius 2 is 1.94 bits per heavy atom. The van der Waals surface area contributed by atoms with Crippen LogP contribution in [-0.2, 0) is 10.2 Å². The highest BCUT2D eigenvalue weighted by Gasteiger charge is 2.38. The maximum absolute atomic E-state index is 12.6. The van der Waals surface area contributed by atoms with Crippen LogP contribution in [0.3, 0.4) is 0 Å². The Bertz CT molecular complexity index is 372. The fourth-order valence-corrected chi connectivity index (χ4v) is 5.07. The summed E-state index contributed by atoms with van der Waals surface area (Å²) >= 11 is 0. The standard InChI is InChI=1S/C12H25N3O2S/c1-11-5-3-7-14(10-11)18(16,17)15-8-4-6-12(15)9-13-2/h11-13H,3-10H2,1-2H3/t11-,12-/m0/s1. The Morgan fingerprint density at radius 3 is 2.61 bits per heavy atom. The maximum atomic E-state index is 12.6. The summed E-state index contributed by atoms with van der Waals surface area (Å²) < 4.78 is 28.7. The van der Waals surface area contributed by atoms with Crippen molar-refractivity contribution >= 4 is 10.2 Å². The predicted octanol–water partition coefficient (Wildman–Crippen LogP) is 0.647.